The molecular formula is C28H26F3N5. The van der Waals surface area contributed by atoms with Crippen LogP contribution in [0.25, 0.3) is 44.2 Å². The van der Waals surface area contributed by atoms with Crippen molar-refractivity contribution < 1.29 is 13.2 Å². The maximum Gasteiger partial charge on any atom is 0.401 e. The quantitative estimate of drug-likeness (QED) is 0.316. The molecule has 0 aliphatic carbocycles. The van der Waals surface area contributed by atoms with Crippen LogP contribution in [-0.4, -0.2) is 63.7 Å². The zero-order chi connectivity index (χ0) is 24.7. The molecule has 1 saturated heterocycles. The molecule has 4 heterocycles. The number of aromatic nitrogens is 3. The van der Waals surface area contributed by atoms with Gasteiger partial charge >= 0.3 is 6.18 Å². The van der Waals surface area contributed by atoms with Gasteiger partial charge in [-0.15, -0.1) is 0 Å². The minimum absolute atomic E-state index is 0.444. The lowest BCUT2D eigenvalue weighted by atomic mass is 10.0. The number of rotatable bonds is 5. The number of alkyl halides is 3. The third-order valence-corrected chi connectivity index (χ3v) is 6.96. The average Bonchev–Trinajstić information content (AvgIpc) is 3.51. The first-order valence-corrected chi connectivity index (χ1v) is 12.1. The Labute approximate surface area is 206 Å². The van der Waals surface area contributed by atoms with E-state index in [9.17, 15) is 13.2 Å². The number of halogens is 3. The summed E-state index contributed by atoms with van der Waals surface area (Å²) in [5, 5.41) is 2.24. The summed E-state index contributed by atoms with van der Waals surface area (Å²) in [5.41, 5.74) is 7.49. The summed E-state index contributed by atoms with van der Waals surface area (Å²) in [4.78, 5) is 14.9. The van der Waals surface area contributed by atoms with Crippen molar-refractivity contribution in [3.63, 3.8) is 0 Å². The van der Waals surface area contributed by atoms with Crippen molar-refractivity contribution in [1.82, 2.24) is 24.8 Å². The van der Waals surface area contributed by atoms with Crippen molar-refractivity contribution >= 4 is 21.9 Å². The van der Waals surface area contributed by atoms with E-state index in [1.165, 1.54) is 10.3 Å². The smallest absolute Gasteiger partial charge is 0.361 e. The molecule has 8 heteroatoms. The summed E-state index contributed by atoms with van der Waals surface area (Å²) in [7, 11) is 0. The normalized spacial score (nSPS) is 15.8. The van der Waals surface area contributed by atoms with Crippen molar-refractivity contribution in [3.05, 3.63) is 78.8 Å². The largest absolute Gasteiger partial charge is 0.401 e. The number of benzene rings is 2. The van der Waals surface area contributed by atoms with Crippen LogP contribution in [-0.2, 0) is 6.54 Å². The summed E-state index contributed by atoms with van der Waals surface area (Å²) < 4.78 is 37.9. The molecule has 184 valence electrons. The number of H-pyrrole nitrogens is 2. The summed E-state index contributed by atoms with van der Waals surface area (Å²) in [6, 6.07) is 19.0. The molecule has 0 atom stereocenters. The molecule has 5 nitrogen and oxygen atoms in total. The molecule has 1 aliphatic rings. The SMILES string of the molecule is FC(F)(F)CN1CCN(Cc2ccc(-c3cnc4[nH]cc(-c5ccc6[nH]ccc6c5)c4c3)cc2)CC1. The van der Waals surface area contributed by atoms with E-state index in [2.05, 4.69) is 74.4 Å². The minimum atomic E-state index is -4.13. The van der Waals surface area contributed by atoms with E-state index in [0.717, 1.165) is 50.9 Å². The van der Waals surface area contributed by atoms with Gasteiger partial charge in [-0.3, -0.25) is 9.80 Å². The summed E-state index contributed by atoms with van der Waals surface area (Å²) in [6.07, 6.45) is 1.70. The third kappa shape index (κ3) is 4.74. The molecule has 0 radical (unpaired) electrons. The molecule has 0 spiro atoms. The fraction of sp³-hybridized carbons (Fsp3) is 0.250. The van der Waals surface area contributed by atoms with Gasteiger partial charge in [-0.25, -0.2) is 4.98 Å². The van der Waals surface area contributed by atoms with Gasteiger partial charge < -0.3 is 9.97 Å². The predicted molar refractivity (Wildman–Crippen MR) is 137 cm³/mol. The maximum atomic E-state index is 12.6. The van der Waals surface area contributed by atoms with Crippen molar-refractivity contribution in [2.45, 2.75) is 12.7 Å². The van der Waals surface area contributed by atoms with E-state index >= 15 is 0 Å². The van der Waals surface area contributed by atoms with E-state index in [4.69, 9.17) is 0 Å². The third-order valence-electron chi connectivity index (χ3n) is 6.96. The number of nitrogens with zero attached hydrogens (tertiary/aromatic N) is 3. The summed E-state index contributed by atoms with van der Waals surface area (Å²) in [6.45, 7) is 2.09. The summed E-state index contributed by atoms with van der Waals surface area (Å²) >= 11 is 0. The molecule has 0 amide bonds. The topological polar surface area (TPSA) is 50.9 Å². The number of fused-ring (bicyclic) bond motifs is 2. The Morgan fingerprint density at radius 2 is 1.56 bits per heavy atom. The van der Waals surface area contributed by atoms with E-state index in [0.29, 0.717) is 26.2 Å². The second-order valence-electron chi connectivity index (χ2n) is 9.47. The number of hydrogen-bond donors (Lipinski definition) is 2. The highest BCUT2D eigenvalue weighted by molar-refractivity contribution is 5.98. The van der Waals surface area contributed by atoms with Gasteiger partial charge in [0.1, 0.15) is 5.65 Å². The number of aromatic amines is 2. The van der Waals surface area contributed by atoms with Gasteiger partial charge in [-0.2, -0.15) is 13.2 Å². The van der Waals surface area contributed by atoms with Gasteiger partial charge in [-0.05, 0) is 46.3 Å². The number of hydrogen-bond acceptors (Lipinski definition) is 3. The van der Waals surface area contributed by atoms with Crippen LogP contribution in [0.15, 0.2) is 73.2 Å². The summed E-state index contributed by atoms with van der Waals surface area (Å²) in [5.74, 6) is 0. The van der Waals surface area contributed by atoms with Gasteiger partial charge in [0.25, 0.3) is 0 Å². The molecule has 3 aromatic heterocycles. The lowest BCUT2D eigenvalue weighted by molar-refractivity contribution is -0.149. The number of pyridine rings is 1. The van der Waals surface area contributed by atoms with Crippen LogP contribution in [0.3, 0.4) is 0 Å². The first kappa shape index (κ1) is 22.8. The molecule has 2 N–H and O–H groups in total. The van der Waals surface area contributed by atoms with Gasteiger partial charge in [0.15, 0.2) is 0 Å². The van der Waals surface area contributed by atoms with Gasteiger partial charge in [0.05, 0.1) is 6.54 Å². The van der Waals surface area contributed by atoms with Gasteiger partial charge in [0, 0.05) is 73.3 Å². The molecule has 2 aromatic carbocycles. The van der Waals surface area contributed by atoms with Crippen LogP contribution in [0.5, 0.6) is 0 Å². The molecule has 5 aromatic rings. The molecular weight excluding hydrogens is 463 g/mol. The van der Waals surface area contributed by atoms with Crippen molar-refractivity contribution in [3.8, 4) is 22.3 Å². The van der Waals surface area contributed by atoms with Crippen LogP contribution >= 0.6 is 0 Å². The van der Waals surface area contributed by atoms with E-state index < -0.39 is 12.7 Å². The lowest BCUT2D eigenvalue weighted by Crippen LogP contribution is -2.48. The van der Waals surface area contributed by atoms with E-state index in [1.54, 1.807) is 0 Å². The van der Waals surface area contributed by atoms with Crippen molar-refractivity contribution in [1.29, 1.82) is 0 Å². The first-order valence-electron chi connectivity index (χ1n) is 12.1. The zero-order valence-electron chi connectivity index (χ0n) is 19.6. The Morgan fingerprint density at radius 3 is 2.33 bits per heavy atom. The highest BCUT2D eigenvalue weighted by Gasteiger charge is 2.32. The standard InChI is InChI=1S/C28H26F3N5/c29-28(30,31)18-36-11-9-35(10-12-36)17-19-1-3-20(4-2-19)23-14-24-25(16-34-27(24)33-15-23)21-5-6-26-22(13-21)7-8-32-26/h1-8,13-16,32H,9-12,17-18H2,(H,33,34). The van der Waals surface area contributed by atoms with Crippen LogP contribution in [0.1, 0.15) is 5.56 Å². The highest BCUT2D eigenvalue weighted by Crippen LogP contribution is 2.32. The van der Waals surface area contributed by atoms with Crippen LogP contribution in [0.2, 0.25) is 0 Å². The Hall–Kier alpha value is -3.62. The van der Waals surface area contributed by atoms with Crippen LogP contribution < -0.4 is 0 Å². The number of nitrogens with one attached hydrogen (secondary N) is 2. The van der Waals surface area contributed by atoms with Crippen molar-refractivity contribution in [2.24, 2.45) is 0 Å². The molecule has 6 rings (SSSR count). The highest BCUT2D eigenvalue weighted by atomic mass is 19.4. The Balaban J connectivity index is 1.17. The second-order valence-corrected chi connectivity index (χ2v) is 9.47. The zero-order valence-corrected chi connectivity index (χ0v) is 19.6. The molecule has 1 fully saturated rings. The van der Waals surface area contributed by atoms with E-state index in [-0.39, 0.29) is 0 Å². The van der Waals surface area contributed by atoms with Crippen LogP contribution in [0.4, 0.5) is 13.2 Å². The van der Waals surface area contributed by atoms with Gasteiger partial charge in [0.2, 0.25) is 0 Å². The molecule has 1 aliphatic heterocycles. The molecule has 0 saturated carbocycles. The van der Waals surface area contributed by atoms with Crippen LogP contribution in [0, 0.1) is 0 Å². The molecule has 0 unspecified atom stereocenters. The average molecular weight is 490 g/mol. The second kappa shape index (κ2) is 9.11. The van der Waals surface area contributed by atoms with E-state index in [1.807, 2.05) is 18.6 Å². The Bertz CT molecular complexity index is 1490. The molecule has 36 heavy (non-hydrogen) atoms. The van der Waals surface area contributed by atoms with Crippen molar-refractivity contribution in [2.75, 3.05) is 32.7 Å². The van der Waals surface area contributed by atoms with Gasteiger partial charge in [-0.1, -0.05) is 30.3 Å². The maximum absolute atomic E-state index is 12.6. The molecule has 0 bridgehead atoms. The minimum Gasteiger partial charge on any atom is -0.361 e. The predicted octanol–water partition coefficient (Wildman–Crippen LogP) is 6.06. The monoisotopic (exact) mass is 489 g/mol. The number of piperazine rings is 1. The first-order chi connectivity index (χ1) is 17.4. The Kier molecular flexibility index (Phi) is 5.78. The fourth-order valence-electron chi connectivity index (χ4n) is 5.04. The fourth-order valence-corrected chi connectivity index (χ4v) is 5.04. The lowest BCUT2D eigenvalue weighted by Gasteiger charge is -2.35. The Morgan fingerprint density at radius 1 is 0.806 bits per heavy atom.